The first-order chi connectivity index (χ1) is 11.0. The van der Waals surface area contributed by atoms with Crippen LogP contribution in [0.4, 0.5) is 5.69 Å². The summed E-state index contributed by atoms with van der Waals surface area (Å²) in [5.41, 5.74) is 0.155. The molecule has 0 saturated carbocycles. The van der Waals surface area contributed by atoms with E-state index in [1.165, 1.54) is 18.2 Å². The van der Waals surface area contributed by atoms with Gasteiger partial charge in [-0.2, -0.15) is 0 Å². The smallest absolute Gasteiger partial charge is 0.312 e. The Morgan fingerprint density at radius 2 is 1.87 bits per heavy atom. The van der Waals surface area contributed by atoms with Gasteiger partial charge in [-0.05, 0) is 43.3 Å². The first-order valence-corrected chi connectivity index (χ1v) is 7.22. The molecule has 2 rings (SSSR count). The fraction of sp³-hybridized carbons (Fsp3) is 0.188. The van der Waals surface area contributed by atoms with Gasteiger partial charge in [-0.1, -0.05) is 11.6 Å². The standard InChI is InChI=1S/C16H14ClNO5/c1-2-22-13-6-3-11(4-7-13)15(19)10-23-16-8-5-12(17)9-14(16)18(20)21/h3-9H,2,10H2,1H3. The quantitative estimate of drug-likeness (QED) is 0.435. The Morgan fingerprint density at radius 1 is 1.17 bits per heavy atom. The van der Waals surface area contributed by atoms with Gasteiger partial charge in [0, 0.05) is 16.7 Å². The van der Waals surface area contributed by atoms with E-state index in [2.05, 4.69) is 0 Å². The van der Waals surface area contributed by atoms with Crippen LogP contribution in [0.15, 0.2) is 42.5 Å². The van der Waals surface area contributed by atoms with Crippen molar-refractivity contribution >= 4 is 23.1 Å². The number of Topliss-reactive ketones (excluding diaryl/α,β-unsaturated/α-hetero) is 1. The Labute approximate surface area is 137 Å². The van der Waals surface area contributed by atoms with Crippen LogP contribution in [0.1, 0.15) is 17.3 Å². The van der Waals surface area contributed by atoms with Crippen LogP contribution in [0.3, 0.4) is 0 Å². The number of hydrogen-bond acceptors (Lipinski definition) is 5. The van der Waals surface area contributed by atoms with Crippen LogP contribution >= 0.6 is 11.6 Å². The van der Waals surface area contributed by atoms with Gasteiger partial charge in [-0.3, -0.25) is 14.9 Å². The summed E-state index contributed by atoms with van der Waals surface area (Å²) in [6, 6.07) is 10.6. The summed E-state index contributed by atoms with van der Waals surface area (Å²) in [6.07, 6.45) is 0. The molecular weight excluding hydrogens is 322 g/mol. The molecule has 0 fully saturated rings. The lowest BCUT2D eigenvalue weighted by atomic mass is 10.1. The van der Waals surface area contributed by atoms with Crippen LogP contribution in [0, 0.1) is 10.1 Å². The second-order valence-corrected chi connectivity index (χ2v) is 4.97. The van der Waals surface area contributed by atoms with E-state index in [1.807, 2.05) is 6.92 Å². The molecule has 0 aliphatic carbocycles. The van der Waals surface area contributed by atoms with Gasteiger partial charge in [-0.15, -0.1) is 0 Å². The van der Waals surface area contributed by atoms with E-state index in [-0.39, 0.29) is 28.8 Å². The van der Waals surface area contributed by atoms with Crippen molar-refractivity contribution in [3.05, 3.63) is 63.2 Å². The second kappa shape index (κ2) is 7.60. The minimum atomic E-state index is -0.609. The normalized spacial score (nSPS) is 10.2. The molecule has 0 unspecified atom stereocenters. The number of ether oxygens (including phenoxy) is 2. The minimum absolute atomic E-state index is 0.00122. The number of carbonyl (C=O) groups excluding carboxylic acids is 1. The van der Waals surface area contributed by atoms with Crippen molar-refractivity contribution in [1.29, 1.82) is 0 Å². The number of nitrogens with zero attached hydrogens (tertiary/aromatic N) is 1. The molecule has 23 heavy (non-hydrogen) atoms. The molecule has 6 nitrogen and oxygen atoms in total. The number of nitro benzene ring substituents is 1. The zero-order chi connectivity index (χ0) is 16.8. The average Bonchev–Trinajstić information content (AvgIpc) is 2.54. The fourth-order valence-corrected chi connectivity index (χ4v) is 2.05. The van der Waals surface area contributed by atoms with Crippen LogP contribution in [-0.4, -0.2) is 23.9 Å². The maximum atomic E-state index is 12.1. The third-order valence-electron chi connectivity index (χ3n) is 2.96. The monoisotopic (exact) mass is 335 g/mol. The number of hydrogen-bond donors (Lipinski definition) is 0. The van der Waals surface area contributed by atoms with E-state index in [1.54, 1.807) is 24.3 Å². The summed E-state index contributed by atoms with van der Waals surface area (Å²) in [7, 11) is 0. The first-order valence-electron chi connectivity index (χ1n) is 6.84. The predicted molar refractivity (Wildman–Crippen MR) is 85.5 cm³/mol. The van der Waals surface area contributed by atoms with E-state index in [0.717, 1.165) is 0 Å². The summed E-state index contributed by atoms with van der Waals surface area (Å²) < 4.78 is 10.6. The van der Waals surface area contributed by atoms with Crippen molar-refractivity contribution in [2.75, 3.05) is 13.2 Å². The Balaban J connectivity index is 2.06. The van der Waals surface area contributed by atoms with Gasteiger partial charge in [0.15, 0.2) is 18.1 Å². The highest BCUT2D eigenvalue weighted by Gasteiger charge is 2.17. The lowest BCUT2D eigenvalue weighted by molar-refractivity contribution is -0.385. The molecule has 7 heteroatoms. The number of halogens is 1. The molecule has 0 amide bonds. The summed E-state index contributed by atoms with van der Waals surface area (Å²) in [6.45, 7) is 2.10. The molecule has 0 saturated heterocycles. The van der Waals surface area contributed by atoms with Gasteiger partial charge in [0.1, 0.15) is 5.75 Å². The van der Waals surface area contributed by atoms with Gasteiger partial charge >= 0.3 is 5.69 Å². The van der Waals surface area contributed by atoms with Crippen molar-refractivity contribution in [3.63, 3.8) is 0 Å². The fourth-order valence-electron chi connectivity index (χ4n) is 1.89. The lowest BCUT2D eigenvalue weighted by Crippen LogP contribution is -2.12. The lowest BCUT2D eigenvalue weighted by Gasteiger charge is -2.07. The molecule has 0 radical (unpaired) electrons. The first kappa shape index (κ1) is 16.8. The topological polar surface area (TPSA) is 78.7 Å². The van der Waals surface area contributed by atoms with Crippen molar-refractivity contribution < 1.29 is 19.2 Å². The van der Waals surface area contributed by atoms with Crippen LogP contribution in [0.25, 0.3) is 0 Å². The number of carbonyl (C=O) groups is 1. The van der Waals surface area contributed by atoms with Crippen LogP contribution < -0.4 is 9.47 Å². The predicted octanol–water partition coefficient (Wildman–Crippen LogP) is 3.91. The zero-order valence-corrected chi connectivity index (χ0v) is 13.1. The number of rotatable bonds is 7. The Hall–Kier alpha value is -2.60. The molecule has 2 aromatic carbocycles. The van der Waals surface area contributed by atoms with Crippen molar-refractivity contribution in [2.45, 2.75) is 6.92 Å². The van der Waals surface area contributed by atoms with E-state index in [9.17, 15) is 14.9 Å². The highest BCUT2D eigenvalue weighted by molar-refractivity contribution is 6.30. The Morgan fingerprint density at radius 3 is 2.48 bits per heavy atom. The van der Waals surface area contributed by atoms with Crippen molar-refractivity contribution in [3.8, 4) is 11.5 Å². The molecule has 0 N–H and O–H groups in total. The molecule has 120 valence electrons. The zero-order valence-electron chi connectivity index (χ0n) is 12.3. The molecule has 0 aliphatic rings. The van der Waals surface area contributed by atoms with E-state index in [4.69, 9.17) is 21.1 Å². The van der Waals surface area contributed by atoms with E-state index in [0.29, 0.717) is 17.9 Å². The third-order valence-corrected chi connectivity index (χ3v) is 3.20. The van der Waals surface area contributed by atoms with Crippen LogP contribution in [0.2, 0.25) is 5.02 Å². The highest BCUT2D eigenvalue weighted by atomic mass is 35.5. The summed E-state index contributed by atoms with van der Waals surface area (Å²) >= 11 is 5.72. The molecular formula is C16H14ClNO5. The molecule has 2 aromatic rings. The van der Waals surface area contributed by atoms with Gasteiger partial charge in [-0.25, -0.2) is 0 Å². The largest absolute Gasteiger partial charge is 0.494 e. The number of ketones is 1. The Kier molecular flexibility index (Phi) is 5.54. The summed E-state index contributed by atoms with van der Waals surface area (Å²) in [4.78, 5) is 22.4. The number of nitro groups is 1. The van der Waals surface area contributed by atoms with Crippen molar-refractivity contribution in [1.82, 2.24) is 0 Å². The highest BCUT2D eigenvalue weighted by Crippen LogP contribution is 2.30. The van der Waals surface area contributed by atoms with E-state index < -0.39 is 4.92 Å². The van der Waals surface area contributed by atoms with Crippen molar-refractivity contribution in [2.24, 2.45) is 0 Å². The third kappa shape index (κ3) is 4.43. The van der Waals surface area contributed by atoms with Crippen LogP contribution in [0.5, 0.6) is 11.5 Å². The molecule has 0 spiro atoms. The van der Waals surface area contributed by atoms with Gasteiger partial charge in [0.05, 0.1) is 11.5 Å². The van der Waals surface area contributed by atoms with Gasteiger partial charge in [0.25, 0.3) is 0 Å². The average molecular weight is 336 g/mol. The molecule has 0 aliphatic heterocycles. The van der Waals surface area contributed by atoms with Gasteiger partial charge < -0.3 is 9.47 Å². The van der Waals surface area contributed by atoms with Crippen LogP contribution in [-0.2, 0) is 0 Å². The molecule has 0 aromatic heterocycles. The maximum absolute atomic E-state index is 12.1. The molecule has 0 atom stereocenters. The SMILES string of the molecule is CCOc1ccc(C(=O)COc2ccc(Cl)cc2[N+](=O)[O-])cc1. The Bertz CT molecular complexity index is 715. The van der Waals surface area contributed by atoms with E-state index >= 15 is 0 Å². The second-order valence-electron chi connectivity index (χ2n) is 4.54. The molecule has 0 bridgehead atoms. The maximum Gasteiger partial charge on any atom is 0.312 e. The minimum Gasteiger partial charge on any atom is -0.494 e. The molecule has 0 heterocycles. The number of benzene rings is 2. The van der Waals surface area contributed by atoms with Gasteiger partial charge in [0.2, 0.25) is 0 Å². The summed E-state index contributed by atoms with van der Waals surface area (Å²) in [5, 5.41) is 11.2. The summed E-state index contributed by atoms with van der Waals surface area (Å²) in [5.74, 6) is 0.370.